The minimum Gasteiger partial charge on any atom is -0.466 e. The summed E-state index contributed by atoms with van der Waals surface area (Å²) in [6, 6.07) is 10.00. The van der Waals surface area contributed by atoms with E-state index in [0.717, 1.165) is 18.4 Å². The lowest BCUT2D eigenvalue weighted by Gasteiger charge is -2.33. The molecule has 1 amide bonds. The van der Waals surface area contributed by atoms with E-state index in [4.69, 9.17) is 9.73 Å². The Hall–Kier alpha value is -2.57. The van der Waals surface area contributed by atoms with Crippen molar-refractivity contribution in [1.29, 1.82) is 0 Å². The van der Waals surface area contributed by atoms with Gasteiger partial charge in [0, 0.05) is 27.2 Å². The number of piperidine rings is 1. The van der Waals surface area contributed by atoms with Crippen LogP contribution in [0.25, 0.3) is 0 Å². The van der Waals surface area contributed by atoms with E-state index in [-0.39, 0.29) is 24.3 Å². The second kappa shape index (κ2) is 10.5. The van der Waals surface area contributed by atoms with Crippen LogP contribution in [0.15, 0.2) is 35.3 Å². The van der Waals surface area contributed by atoms with Crippen LogP contribution in [0.5, 0.6) is 0 Å². The van der Waals surface area contributed by atoms with Crippen molar-refractivity contribution in [1.82, 2.24) is 15.1 Å². The lowest BCUT2D eigenvalue weighted by molar-refractivity contribution is -0.149. The predicted octanol–water partition coefficient (Wildman–Crippen LogP) is 1.50. The maximum absolute atomic E-state index is 11.9. The molecule has 0 unspecified atom stereocenters. The van der Waals surface area contributed by atoms with Crippen LogP contribution in [0.3, 0.4) is 0 Å². The summed E-state index contributed by atoms with van der Waals surface area (Å²) in [5.74, 6) is 0.524. The summed E-state index contributed by atoms with van der Waals surface area (Å²) >= 11 is 0. The van der Waals surface area contributed by atoms with Crippen LogP contribution in [0.4, 0.5) is 0 Å². The first-order chi connectivity index (χ1) is 13.0. The Morgan fingerprint density at radius 1 is 1.22 bits per heavy atom. The molecule has 7 heteroatoms. The quantitative estimate of drug-likeness (QED) is 0.464. The molecule has 27 heavy (non-hydrogen) atoms. The number of hydrogen-bond donors (Lipinski definition) is 1. The van der Waals surface area contributed by atoms with E-state index in [1.165, 1.54) is 0 Å². The highest BCUT2D eigenvalue weighted by Gasteiger charge is 2.27. The lowest BCUT2D eigenvalue weighted by Crippen LogP contribution is -2.49. The van der Waals surface area contributed by atoms with E-state index < -0.39 is 0 Å². The third-order valence-corrected chi connectivity index (χ3v) is 4.57. The minimum absolute atomic E-state index is 0.0104. The number of ether oxygens (including phenoxy) is 1. The van der Waals surface area contributed by atoms with Gasteiger partial charge in [0.1, 0.15) is 0 Å². The van der Waals surface area contributed by atoms with E-state index >= 15 is 0 Å². The Balaban J connectivity index is 2.01. The predicted molar refractivity (Wildman–Crippen MR) is 105 cm³/mol. The van der Waals surface area contributed by atoms with Crippen LogP contribution in [0.1, 0.15) is 25.3 Å². The highest BCUT2D eigenvalue weighted by Crippen LogP contribution is 2.19. The van der Waals surface area contributed by atoms with Gasteiger partial charge in [-0.3, -0.25) is 9.59 Å². The largest absolute Gasteiger partial charge is 0.466 e. The number of benzene rings is 1. The summed E-state index contributed by atoms with van der Waals surface area (Å²) in [6.45, 7) is 4.39. The van der Waals surface area contributed by atoms with Crippen molar-refractivity contribution in [3.05, 3.63) is 35.9 Å². The fraction of sp³-hybridized carbons (Fsp3) is 0.550. The molecule has 1 fully saturated rings. The molecular formula is C20H30N4O3. The molecule has 0 aliphatic carbocycles. The summed E-state index contributed by atoms with van der Waals surface area (Å²) in [4.78, 5) is 32.2. The standard InChI is InChI=1S/C20H30N4O3/c1-4-27-19(26)17-10-12-24(13-11-17)20(22-15-18(25)23(2)3)21-14-16-8-6-5-7-9-16/h5-9,17H,4,10-15H2,1-3H3,(H,21,22). The smallest absolute Gasteiger partial charge is 0.309 e. The minimum atomic E-state index is -0.115. The Kier molecular flexibility index (Phi) is 8.10. The molecular weight excluding hydrogens is 344 g/mol. The van der Waals surface area contributed by atoms with E-state index in [1.807, 2.05) is 37.3 Å². The topological polar surface area (TPSA) is 74.2 Å². The van der Waals surface area contributed by atoms with Gasteiger partial charge in [0.15, 0.2) is 5.96 Å². The molecule has 1 saturated heterocycles. The molecule has 1 aliphatic rings. The molecule has 2 rings (SSSR count). The number of esters is 1. The van der Waals surface area contributed by atoms with Gasteiger partial charge in [-0.25, -0.2) is 4.99 Å². The highest BCUT2D eigenvalue weighted by atomic mass is 16.5. The maximum atomic E-state index is 11.9. The van der Waals surface area contributed by atoms with Crippen molar-refractivity contribution >= 4 is 17.8 Å². The average molecular weight is 374 g/mol. The van der Waals surface area contributed by atoms with Crippen LogP contribution in [0, 0.1) is 5.92 Å². The monoisotopic (exact) mass is 374 g/mol. The van der Waals surface area contributed by atoms with Gasteiger partial charge in [0.2, 0.25) is 5.91 Å². The Bertz CT molecular complexity index is 638. The molecule has 1 heterocycles. The number of carbonyl (C=O) groups is 2. The summed E-state index contributed by atoms with van der Waals surface area (Å²) in [5.41, 5.74) is 1.11. The molecule has 0 spiro atoms. The first-order valence-electron chi connectivity index (χ1n) is 9.45. The normalized spacial score (nSPS) is 15.4. The van der Waals surface area contributed by atoms with Crippen molar-refractivity contribution in [3.63, 3.8) is 0 Å². The number of likely N-dealkylation sites (tertiary alicyclic amines) is 1. The van der Waals surface area contributed by atoms with E-state index in [2.05, 4.69) is 10.2 Å². The molecule has 148 valence electrons. The maximum Gasteiger partial charge on any atom is 0.309 e. The molecule has 0 saturated carbocycles. The number of amides is 1. The number of rotatable bonds is 6. The van der Waals surface area contributed by atoms with Gasteiger partial charge in [0.25, 0.3) is 0 Å². The summed E-state index contributed by atoms with van der Waals surface area (Å²) in [7, 11) is 3.46. The van der Waals surface area contributed by atoms with Crippen molar-refractivity contribution in [3.8, 4) is 0 Å². The number of guanidine groups is 1. The van der Waals surface area contributed by atoms with Gasteiger partial charge in [-0.05, 0) is 25.3 Å². The second-order valence-corrected chi connectivity index (χ2v) is 6.78. The molecule has 7 nitrogen and oxygen atoms in total. The molecule has 1 aromatic rings. The fourth-order valence-corrected chi connectivity index (χ4v) is 2.92. The molecule has 1 aliphatic heterocycles. The summed E-state index contributed by atoms with van der Waals surface area (Å²) in [5, 5.41) is 3.18. The van der Waals surface area contributed by atoms with Gasteiger partial charge in [-0.15, -0.1) is 0 Å². The number of hydrogen-bond acceptors (Lipinski definition) is 4. The van der Waals surface area contributed by atoms with Crippen LogP contribution in [-0.4, -0.2) is 68.0 Å². The lowest BCUT2D eigenvalue weighted by atomic mass is 9.97. The Labute approximate surface area is 161 Å². The van der Waals surface area contributed by atoms with Gasteiger partial charge < -0.3 is 19.9 Å². The van der Waals surface area contributed by atoms with E-state index in [9.17, 15) is 9.59 Å². The molecule has 0 atom stereocenters. The zero-order chi connectivity index (χ0) is 19.6. The van der Waals surface area contributed by atoms with E-state index in [0.29, 0.717) is 32.2 Å². The second-order valence-electron chi connectivity index (χ2n) is 6.78. The molecule has 0 bridgehead atoms. The van der Waals surface area contributed by atoms with Gasteiger partial charge >= 0.3 is 5.97 Å². The number of nitrogens with one attached hydrogen (secondary N) is 1. The van der Waals surface area contributed by atoms with Crippen LogP contribution in [-0.2, 0) is 20.9 Å². The number of aliphatic imine (C=N–C) groups is 1. The van der Waals surface area contributed by atoms with Crippen LogP contribution >= 0.6 is 0 Å². The Morgan fingerprint density at radius 3 is 2.48 bits per heavy atom. The highest BCUT2D eigenvalue weighted by molar-refractivity contribution is 5.86. The fourth-order valence-electron chi connectivity index (χ4n) is 2.92. The summed E-state index contributed by atoms with van der Waals surface area (Å²) in [6.07, 6.45) is 1.46. The SMILES string of the molecule is CCOC(=O)C1CCN(C(=NCc2ccccc2)NCC(=O)N(C)C)CC1. The number of nitrogens with zero attached hydrogens (tertiary/aromatic N) is 3. The molecule has 0 radical (unpaired) electrons. The number of carbonyl (C=O) groups excluding carboxylic acids is 2. The average Bonchev–Trinajstić information content (AvgIpc) is 2.69. The first kappa shape index (κ1) is 20.7. The third kappa shape index (κ3) is 6.58. The molecule has 1 N–H and O–H groups in total. The zero-order valence-electron chi connectivity index (χ0n) is 16.5. The first-order valence-corrected chi connectivity index (χ1v) is 9.45. The van der Waals surface area contributed by atoms with Crippen LogP contribution in [0.2, 0.25) is 0 Å². The van der Waals surface area contributed by atoms with Gasteiger partial charge in [-0.2, -0.15) is 0 Å². The summed E-state index contributed by atoms with van der Waals surface area (Å²) < 4.78 is 5.13. The van der Waals surface area contributed by atoms with Crippen molar-refractivity contribution < 1.29 is 14.3 Å². The van der Waals surface area contributed by atoms with Gasteiger partial charge in [0.05, 0.1) is 25.6 Å². The zero-order valence-corrected chi connectivity index (χ0v) is 16.5. The Morgan fingerprint density at radius 2 is 1.89 bits per heavy atom. The van der Waals surface area contributed by atoms with Crippen LogP contribution < -0.4 is 5.32 Å². The van der Waals surface area contributed by atoms with Crippen molar-refractivity contribution in [2.45, 2.75) is 26.3 Å². The number of likely N-dealkylation sites (N-methyl/N-ethyl adjacent to an activating group) is 1. The van der Waals surface area contributed by atoms with Crippen molar-refractivity contribution in [2.24, 2.45) is 10.9 Å². The van der Waals surface area contributed by atoms with E-state index in [1.54, 1.807) is 19.0 Å². The molecule has 0 aromatic heterocycles. The van der Waals surface area contributed by atoms with Crippen molar-refractivity contribution in [2.75, 3.05) is 40.3 Å². The van der Waals surface area contributed by atoms with Gasteiger partial charge in [-0.1, -0.05) is 30.3 Å². The molecule has 1 aromatic carbocycles. The third-order valence-electron chi connectivity index (χ3n) is 4.57.